The Balaban J connectivity index is 1.37. The van der Waals surface area contributed by atoms with Crippen LogP contribution in [-0.2, 0) is 6.42 Å². The zero-order chi connectivity index (χ0) is 18.2. The molecule has 0 bridgehead atoms. The summed E-state index contributed by atoms with van der Waals surface area (Å²) in [6.07, 6.45) is 5.48. The van der Waals surface area contributed by atoms with Crippen molar-refractivity contribution < 1.29 is 4.79 Å². The van der Waals surface area contributed by atoms with Crippen molar-refractivity contribution in [1.82, 2.24) is 25.1 Å². The van der Waals surface area contributed by atoms with Crippen molar-refractivity contribution >= 4 is 16.9 Å². The normalized spacial score (nSPS) is 16.4. The SMILES string of the molecule is O=C(c1cc2ccc(-c3cn[nH]c3)nc2[nH]1)N1CC[C@@H]1Cc1ccccc1. The monoisotopic (exact) mass is 357 g/mol. The first-order valence-electron chi connectivity index (χ1n) is 9.12. The number of hydrogen-bond acceptors (Lipinski definition) is 3. The molecule has 3 aromatic heterocycles. The van der Waals surface area contributed by atoms with Gasteiger partial charge < -0.3 is 9.88 Å². The van der Waals surface area contributed by atoms with Gasteiger partial charge in [-0.15, -0.1) is 0 Å². The second-order valence-electron chi connectivity index (χ2n) is 6.94. The third-order valence-electron chi connectivity index (χ3n) is 5.22. The number of carbonyl (C=O) groups is 1. The van der Waals surface area contributed by atoms with E-state index >= 15 is 0 Å². The van der Waals surface area contributed by atoms with E-state index in [9.17, 15) is 4.79 Å². The van der Waals surface area contributed by atoms with Crippen molar-refractivity contribution in [3.05, 3.63) is 72.2 Å². The Hall–Kier alpha value is -3.41. The van der Waals surface area contributed by atoms with Crippen LogP contribution in [0.25, 0.3) is 22.3 Å². The molecular formula is C21H19N5O. The number of carbonyl (C=O) groups excluding carboxylic acids is 1. The molecule has 1 aromatic carbocycles. The third-order valence-corrected chi connectivity index (χ3v) is 5.22. The fourth-order valence-corrected chi connectivity index (χ4v) is 3.63. The topological polar surface area (TPSA) is 77.7 Å². The van der Waals surface area contributed by atoms with Crippen molar-refractivity contribution in [1.29, 1.82) is 0 Å². The summed E-state index contributed by atoms with van der Waals surface area (Å²) in [5.74, 6) is 0.0463. The summed E-state index contributed by atoms with van der Waals surface area (Å²) in [6, 6.07) is 16.4. The number of fused-ring (bicyclic) bond motifs is 1. The van der Waals surface area contributed by atoms with Gasteiger partial charge in [0.25, 0.3) is 5.91 Å². The molecule has 1 atom stereocenters. The molecule has 1 fully saturated rings. The van der Waals surface area contributed by atoms with Crippen molar-refractivity contribution in [3.63, 3.8) is 0 Å². The van der Waals surface area contributed by atoms with E-state index in [2.05, 4.69) is 32.3 Å². The van der Waals surface area contributed by atoms with Crippen LogP contribution >= 0.6 is 0 Å². The quantitative estimate of drug-likeness (QED) is 0.587. The molecular weight excluding hydrogens is 338 g/mol. The van der Waals surface area contributed by atoms with Gasteiger partial charge in [-0.25, -0.2) is 4.98 Å². The number of aromatic amines is 2. The molecule has 0 unspecified atom stereocenters. The lowest BCUT2D eigenvalue weighted by molar-refractivity contribution is 0.0459. The van der Waals surface area contributed by atoms with Crippen LogP contribution in [0.2, 0.25) is 0 Å². The minimum atomic E-state index is 0.0463. The van der Waals surface area contributed by atoms with Crippen LogP contribution in [-0.4, -0.2) is 43.6 Å². The van der Waals surface area contributed by atoms with E-state index in [0.717, 1.165) is 41.7 Å². The molecule has 2 N–H and O–H groups in total. The molecule has 134 valence electrons. The van der Waals surface area contributed by atoms with Gasteiger partial charge >= 0.3 is 0 Å². The molecule has 4 aromatic rings. The molecule has 5 rings (SSSR count). The minimum absolute atomic E-state index is 0.0463. The molecule has 1 saturated heterocycles. The van der Waals surface area contributed by atoms with Crippen LogP contribution in [0.15, 0.2) is 60.9 Å². The fourth-order valence-electron chi connectivity index (χ4n) is 3.63. The van der Waals surface area contributed by atoms with Crippen LogP contribution in [0.1, 0.15) is 22.5 Å². The molecule has 0 aliphatic carbocycles. The maximum Gasteiger partial charge on any atom is 0.270 e. The standard InChI is InChI=1S/C21H19N5O/c27-21(26-9-8-17(26)10-14-4-2-1-3-5-14)19-11-15-6-7-18(24-20(15)25-19)16-12-22-23-13-16/h1-7,11-13,17H,8-10H2,(H,22,23)(H,24,25)/t17-/m1/s1. The predicted octanol–water partition coefficient (Wildman–Crippen LogP) is 3.41. The van der Waals surface area contributed by atoms with Crippen molar-refractivity contribution in [2.24, 2.45) is 0 Å². The molecule has 0 radical (unpaired) electrons. The summed E-state index contributed by atoms with van der Waals surface area (Å²) in [6.45, 7) is 0.805. The van der Waals surface area contributed by atoms with E-state index in [0.29, 0.717) is 5.69 Å². The van der Waals surface area contributed by atoms with E-state index in [1.54, 1.807) is 12.4 Å². The summed E-state index contributed by atoms with van der Waals surface area (Å²) in [5, 5.41) is 7.69. The molecule has 0 saturated carbocycles. The van der Waals surface area contributed by atoms with E-state index < -0.39 is 0 Å². The highest BCUT2D eigenvalue weighted by atomic mass is 16.2. The molecule has 0 spiro atoms. The lowest BCUT2D eigenvalue weighted by Crippen LogP contribution is -2.52. The molecule has 6 heteroatoms. The highest BCUT2D eigenvalue weighted by Gasteiger charge is 2.33. The van der Waals surface area contributed by atoms with Crippen molar-refractivity contribution in [3.8, 4) is 11.3 Å². The zero-order valence-electron chi connectivity index (χ0n) is 14.7. The summed E-state index contributed by atoms with van der Waals surface area (Å²) in [5.41, 5.74) is 4.33. The summed E-state index contributed by atoms with van der Waals surface area (Å²) < 4.78 is 0. The molecule has 1 aliphatic heterocycles. The molecule has 6 nitrogen and oxygen atoms in total. The number of hydrogen-bond donors (Lipinski definition) is 2. The highest BCUT2D eigenvalue weighted by Crippen LogP contribution is 2.26. The number of nitrogens with zero attached hydrogens (tertiary/aromatic N) is 3. The van der Waals surface area contributed by atoms with Gasteiger partial charge in [0.15, 0.2) is 0 Å². The lowest BCUT2D eigenvalue weighted by atomic mass is 9.95. The first kappa shape index (κ1) is 15.8. The number of H-pyrrole nitrogens is 2. The van der Waals surface area contributed by atoms with Gasteiger partial charge in [-0.2, -0.15) is 5.10 Å². The minimum Gasteiger partial charge on any atom is -0.335 e. The fraction of sp³-hybridized carbons (Fsp3) is 0.190. The Morgan fingerprint density at radius 2 is 2.07 bits per heavy atom. The Bertz CT molecular complexity index is 1080. The third kappa shape index (κ3) is 2.89. The van der Waals surface area contributed by atoms with Crippen molar-refractivity contribution in [2.45, 2.75) is 18.9 Å². The zero-order valence-corrected chi connectivity index (χ0v) is 14.7. The Labute approximate surface area is 156 Å². The average molecular weight is 357 g/mol. The number of aromatic nitrogens is 4. The van der Waals surface area contributed by atoms with Gasteiger partial charge in [0, 0.05) is 29.7 Å². The first-order chi connectivity index (χ1) is 13.3. The van der Waals surface area contributed by atoms with Crippen LogP contribution < -0.4 is 0 Å². The smallest absolute Gasteiger partial charge is 0.270 e. The van der Waals surface area contributed by atoms with Crippen LogP contribution in [0.4, 0.5) is 0 Å². The Morgan fingerprint density at radius 1 is 1.19 bits per heavy atom. The number of pyridine rings is 1. The van der Waals surface area contributed by atoms with Crippen LogP contribution in [0, 0.1) is 0 Å². The summed E-state index contributed by atoms with van der Waals surface area (Å²) >= 11 is 0. The van der Waals surface area contributed by atoms with E-state index in [-0.39, 0.29) is 11.9 Å². The highest BCUT2D eigenvalue weighted by molar-refractivity contribution is 5.98. The lowest BCUT2D eigenvalue weighted by Gasteiger charge is -2.41. The van der Waals surface area contributed by atoms with Gasteiger partial charge in [0.2, 0.25) is 0 Å². The van der Waals surface area contributed by atoms with E-state index in [1.165, 1.54) is 5.56 Å². The van der Waals surface area contributed by atoms with Crippen LogP contribution in [0.5, 0.6) is 0 Å². The number of amides is 1. The van der Waals surface area contributed by atoms with E-state index in [1.807, 2.05) is 41.3 Å². The molecule has 1 aliphatic rings. The maximum absolute atomic E-state index is 13.0. The van der Waals surface area contributed by atoms with Gasteiger partial charge in [-0.05, 0) is 36.6 Å². The second-order valence-corrected chi connectivity index (χ2v) is 6.94. The summed E-state index contributed by atoms with van der Waals surface area (Å²) in [4.78, 5) is 22.7. The molecule has 1 amide bonds. The largest absolute Gasteiger partial charge is 0.335 e. The molecule has 27 heavy (non-hydrogen) atoms. The van der Waals surface area contributed by atoms with Crippen LogP contribution in [0.3, 0.4) is 0 Å². The van der Waals surface area contributed by atoms with Gasteiger partial charge in [0.05, 0.1) is 11.9 Å². The second kappa shape index (κ2) is 6.39. The number of rotatable bonds is 4. The average Bonchev–Trinajstić information content (AvgIpc) is 3.35. The molecule has 4 heterocycles. The predicted molar refractivity (Wildman–Crippen MR) is 103 cm³/mol. The first-order valence-corrected chi connectivity index (χ1v) is 9.12. The Kier molecular flexibility index (Phi) is 3.74. The van der Waals surface area contributed by atoms with Gasteiger partial charge in [-0.3, -0.25) is 9.89 Å². The maximum atomic E-state index is 13.0. The van der Waals surface area contributed by atoms with Gasteiger partial charge in [0.1, 0.15) is 11.3 Å². The number of benzene rings is 1. The van der Waals surface area contributed by atoms with Crippen molar-refractivity contribution in [2.75, 3.05) is 6.54 Å². The van der Waals surface area contributed by atoms with E-state index in [4.69, 9.17) is 0 Å². The summed E-state index contributed by atoms with van der Waals surface area (Å²) in [7, 11) is 0. The number of nitrogens with one attached hydrogen (secondary N) is 2. The van der Waals surface area contributed by atoms with Gasteiger partial charge in [-0.1, -0.05) is 30.3 Å². The Morgan fingerprint density at radius 3 is 2.81 bits per heavy atom. The number of likely N-dealkylation sites (tertiary alicyclic amines) is 1.